The fraction of sp³-hybridized carbons (Fsp3) is 0.250. The van der Waals surface area contributed by atoms with Gasteiger partial charge in [0.25, 0.3) is 0 Å². The van der Waals surface area contributed by atoms with Gasteiger partial charge in [0.05, 0.1) is 17.3 Å². The Hall–Kier alpha value is -3.14. The van der Waals surface area contributed by atoms with E-state index in [0.717, 1.165) is 28.1 Å². The molecule has 28 heavy (non-hydrogen) atoms. The smallest absolute Gasteiger partial charge is 0.141 e. The lowest BCUT2D eigenvalue weighted by Crippen LogP contribution is -2.28. The Morgan fingerprint density at radius 1 is 0.893 bits per heavy atom. The molecular weight excluding hydrogens is 350 g/mol. The zero-order valence-electron chi connectivity index (χ0n) is 16.7. The van der Waals surface area contributed by atoms with Crippen LogP contribution in [0.2, 0.25) is 0 Å². The number of hydrogen-bond acceptors (Lipinski definition) is 3. The molecule has 0 spiro atoms. The van der Waals surface area contributed by atoms with Crippen molar-refractivity contribution in [1.29, 1.82) is 0 Å². The first-order valence-electron chi connectivity index (χ1n) is 9.33. The first-order valence-corrected chi connectivity index (χ1v) is 9.33. The molecule has 0 bridgehead atoms. The van der Waals surface area contributed by atoms with E-state index in [9.17, 15) is 9.59 Å². The van der Waals surface area contributed by atoms with E-state index in [4.69, 9.17) is 4.84 Å². The minimum atomic E-state index is -0.738. The number of carbonyl (C=O) groups excluding carboxylic acids is 2. The largest absolute Gasteiger partial charge is 0.417 e. The van der Waals surface area contributed by atoms with Crippen LogP contribution in [0.15, 0.2) is 66.7 Å². The van der Waals surface area contributed by atoms with Crippen LogP contribution in [0.4, 0.5) is 0 Å². The Bertz CT molecular complexity index is 960. The summed E-state index contributed by atoms with van der Waals surface area (Å²) in [5.41, 5.74) is 4.63. The second-order valence-corrected chi connectivity index (χ2v) is 7.00. The first-order chi connectivity index (χ1) is 13.5. The van der Waals surface area contributed by atoms with Gasteiger partial charge < -0.3 is 4.84 Å². The molecule has 0 amide bonds. The number of rotatable bonds is 7. The monoisotopic (exact) mass is 375 g/mol. The lowest BCUT2D eigenvalue weighted by molar-refractivity contribution is -0.130. The van der Waals surface area contributed by atoms with E-state index in [1.165, 1.54) is 13.8 Å². The van der Waals surface area contributed by atoms with Gasteiger partial charge in [-0.15, -0.1) is 0 Å². The van der Waals surface area contributed by atoms with Gasteiger partial charge in [0.2, 0.25) is 0 Å². The van der Waals surface area contributed by atoms with Crippen LogP contribution in [0.1, 0.15) is 36.6 Å². The highest BCUT2D eigenvalue weighted by atomic mass is 16.6. The van der Waals surface area contributed by atoms with Crippen molar-refractivity contribution >= 4 is 11.6 Å². The minimum absolute atomic E-state index is 0.132. The number of ketones is 2. The van der Waals surface area contributed by atoms with E-state index in [-0.39, 0.29) is 17.5 Å². The van der Waals surface area contributed by atoms with E-state index in [2.05, 4.69) is 0 Å². The molecule has 0 aliphatic carbocycles. The molecule has 0 radical (unpaired) electrons. The van der Waals surface area contributed by atoms with Gasteiger partial charge in [0.1, 0.15) is 18.7 Å². The summed E-state index contributed by atoms with van der Waals surface area (Å²) in [4.78, 5) is 30.6. The summed E-state index contributed by atoms with van der Waals surface area (Å²) in [5, 5.41) is 0. The van der Waals surface area contributed by atoms with Gasteiger partial charge in [-0.05, 0) is 38.0 Å². The highest BCUT2D eigenvalue weighted by Gasteiger charge is 2.35. The molecule has 0 fully saturated rings. The average Bonchev–Trinajstić information content (AvgIpc) is 3.02. The highest BCUT2D eigenvalue weighted by molar-refractivity contribution is 6.01. The van der Waals surface area contributed by atoms with Gasteiger partial charge in [-0.1, -0.05) is 60.7 Å². The standard InChI is InChI=1S/C24H25NO3/c1-16-21(15-22(25(16)28-4)19-11-7-5-8-12-19)24(20-13-9-6-10-14-20)23(17(2)26)18(3)27/h5-15,23-24H,1-4H3/t24-/m1/s1. The molecule has 0 N–H and O–H groups in total. The second-order valence-electron chi connectivity index (χ2n) is 7.00. The van der Waals surface area contributed by atoms with Crippen LogP contribution in [0, 0.1) is 12.8 Å². The van der Waals surface area contributed by atoms with Crippen LogP contribution in [0.3, 0.4) is 0 Å². The summed E-state index contributed by atoms with van der Waals surface area (Å²) in [6.07, 6.45) is 0. The van der Waals surface area contributed by atoms with E-state index < -0.39 is 5.92 Å². The van der Waals surface area contributed by atoms with Crippen molar-refractivity contribution in [2.75, 3.05) is 7.11 Å². The molecule has 1 heterocycles. The van der Waals surface area contributed by atoms with Gasteiger partial charge >= 0.3 is 0 Å². The quantitative estimate of drug-likeness (QED) is 0.573. The van der Waals surface area contributed by atoms with Gasteiger partial charge in [-0.25, -0.2) is 0 Å². The number of aromatic nitrogens is 1. The third-order valence-electron chi connectivity index (χ3n) is 5.19. The maximum Gasteiger partial charge on any atom is 0.141 e. The summed E-state index contributed by atoms with van der Waals surface area (Å²) in [6, 6.07) is 21.7. The van der Waals surface area contributed by atoms with Gasteiger partial charge in [0.15, 0.2) is 0 Å². The van der Waals surface area contributed by atoms with Crippen LogP contribution in [0.5, 0.6) is 0 Å². The molecular formula is C24H25NO3. The summed E-state index contributed by atoms with van der Waals surface area (Å²) >= 11 is 0. The van der Waals surface area contributed by atoms with E-state index in [0.29, 0.717) is 0 Å². The molecule has 0 aliphatic rings. The van der Waals surface area contributed by atoms with Gasteiger partial charge in [-0.3, -0.25) is 9.59 Å². The lowest BCUT2D eigenvalue weighted by atomic mass is 9.77. The molecule has 1 aromatic heterocycles. The fourth-order valence-corrected chi connectivity index (χ4v) is 3.94. The summed E-state index contributed by atoms with van der Waals surface area (Å²) in [6.45, 7) is 4.93. The van der Waals surface area contributed by atoms with Crippen LogP contribution < -0.4 is 4.84 Å². The summed E-state index contributed by atoms with van der Waals surface area (Å²) < 4.78 is 1.76. The van der Waals surface area contributed by atoms with Crippen molar-refractivity contribution in [3.8, 4) is 11.3 Å². The molecule has 4 nitrogen and oxygen atoms in total. The van der Waals surface area contributed by atoms with Gasteiger partial charge in [-0.2, -0.15) is 4.73 Å². The second kappa shape index (κ2) is 8.26. The first kappa shape index (κ1) is 19.6. The third-order valence-corrected chi connectivity index (χ3v) is 5.19. The van der Waals surface area contributed by atoms with E-state index in [1.54, 1.807) is 11.8 Å². The Kier molecular flexibility index (Phi) is 5.78. The lowest BCUT2D eigenvalue weighted by Gasteiger charge is -2.24. The number of carbonyl (C=O) groups is 2. The van der Waals surface area contributed by atoms with Crippen molar-refractivity contribution in [2.24, 2.45) is 5.92 Å². The third kappa shape index (κ3) is 3.63. The van der Waals surface area contributed by atoms with E-state index in [1.807, 2.05) is 73.7 Å². The number of benzene rings is 2. The summed E-state index contributed by atoms with van der Waals surface area (Å²) in [5.74, 6) is -1.37. The zero-order chi connectivity index (χ0) is 20.3. The Balaban J connectivity index is 2.25. The van der Waals surface area contributed by atoms with Crippen molar-refractivity contribution < 1.29 is 14.4 Å². The van der Waals surface area contributed by atoms with Crippen molar-refractivity contribution in [3.05, 3.63) is 83.6 Å². The molecule has 1 atom stereocenters. The highest BCUT2D eigenvalue weighted by Crippen LogP contribution is 2.38. The normalized spacial score (nSPS) is 12.0. The Morgan fingerprint density at radius 3 is 1.93 bits per heavy atom. The van der Waals surface area contributed by atoms with Crippen molar-refractivity contribution in [2.45, 2.75) is 26.7 Å². The molecule has 3 rings (SSSR count). The predicted octanol–water partition coefficient (Wildman–Crippen LogP) is 4.45. The Morgan fingerprint density at radius 2 is 1.43 bits per heavy atom. The zero-order valence-corrected chi connectivity index (χ0v) is 16.7. The molecule has 0 saturated heterocycles. The number of hydrogen-bond donors (Lipinski definition) is 0. The maximum atomic E-state index is 12.5. The minimum Gasteiger partial charge on any atom is -0.417 e. The van der Waals surface area contributed by atoms with Gasteiger partial charge in [0, 0.05) is 11.5 Å². The number of nitrogens with zero attached hydrogens (tertiary/aromatic N) is 1. The molecule has 144 valence electrons. The van der Waals surface area contributed by atoms with Crippen molar-refractivity contribution in [1.82, 2.24) is 4.73 Å². The fourth-order valence-electron chi connectivity index (χ4n) is 3.94. The van der Waals surface area contributed by atoms with Crippen LogP contribution >= 0.6 is 0 Å². The number of Topliss-reactive ketones (excluding diaryl/α,β-unsaturated/α-hetero) is 2. The molecule has 0 aliphatic heterocycles. The van der Waals surface area contributed by atoms with Crippen LogP contribution in [-0.2, 0) is 9.59 Å². The maximum absolute atomic E-state index is 12.5. The molecule has 0 saturated carbocycles. The Labute approximate surface area is 165 Å². The molecule has 3 aromatic rings. The summed E-state index contributed by atoms with van der Waals surface area (Å²) in [7, 11) is 1.62. The molecule has 2 aromatic carbocycles. The average molecular weight is 375 g/mol. The predicted molar refractivity (Wildman–Crippen MR) is 110 cm³/mol. The van der Waals surface area contributed by atoms with Crippen LogP contribution in [-0.4, -0.2) is 23.4 Å². The van der Waals surface area contributed by atoms with E-state index >= 15 is 0 Å². The van der Waals surface area contributed by atoms with Crippen molar-refractivity contribution in [3.63, 3.8) is 0 Å². The molecule has 4 heteroatoms. The van der Waals surface area contributed by atoms with Crippen LogP contribution in [0.25, 0.3) is 11.3 Å². The topological polar surface area (TPSA) is 48.3 Å². The SMILES string of the molecule is COn1c(-c2ccccc2)cc([C@@H](c2ccccc2)C(C(C)=O)C(C)=O)c1C. The molecule has 0 unspecified atom stereocenters.